The lowest BCUT2D eigenvalue weighted by atomic mass is 9.87. The highest BCUT2D eigenvalue weighted by Gasteiger charge is 2.31. The largest absolute Gasteiger partial charge is 0.364 e. The van der Waals surface area contributed by atoms with Crippen LogP contribution < -0.4 is 5.32 Å². The Labute approximate surface area is 103 Å². The van der Waals surface area contributed by atoms with Crippen LogP contribution in [0.3, 0.4) is 0 Å². The van der Waals surface area contributed by atoms with Crippen LogP contribution in [0.5, 0.6) is 0 Å². The van der Waals surface area contributed by atoms with Crippen molar-refractivity contribution < 1.29 is 4.52 Å². The molecular formula is C13H23N3O. The van der Waals surface area contributed by atoms with Gasteiger partial charge in [-0.1, -0.05) is 19.0 Å². The maximum absolute atomic E-state index is 4.89. The van der Waals surface area contributed by atoms with E-state index in [-0.39, 0.29) is 0 Å². The Morgan fingerprint density at radius 2 is 2.35 bits per heavy atom. The molecule has 1 aliphatic rings. The van der Waals surface area contributed by atoms with Gasteiger partial charge in [-0.15, -0.1) is 0 Å². The Morgan fingerprint density at radius 3 is 3.00 bits per heavy atom. The second kappa shape index (κ2) is 5.65. The summed E-state index contributed by atoms with van der Waals surface area (Å²) in [6, 6.07) is 3.20. The van der Waals surface area contributed by atoms with Gasteiger partial charge in [-0.05, 0) is 25.8 Å². The van der Waals surface area contributed by atoms with Crippen molar-refractivity contribution in [3.05, 3.63) is 18.0 Å². The molecule has 3 unspecified atom stereocenters. The molecule has 0 radical (unpaired) electrons. The standard InChI is InChI=1S/C13H23N3O/c1-4-14-13-5-7-16(11(3)10(13)2)9-12-6-8-17-15-12/h6,8,10-11,13-14H,4-5,7,9H2,1-3H3. The van der Waals surface area contributed by atoms with Crippen molar-refractivity contribution in [1.82, 2.24) is 15.4 Å². The van der Waals surface area contributed by atoms with Crippen molar-refractivity contribution in [2.45, 2.75) is 45.8 Å². The van der Waals surface area contributed by atoms with Crippen LogP contribution in [0.1, 0.15) is 32.9 Å². The minimum atomic E-state index is 0.587. The Kier molecular flexibility index (Phi) is 4.18. The molecule has 4 heteroatoms. The molecule has 3 atom stereocenters. The molecule has 0 aromatic carbocycles. The summed E-state index contributed by atoms with van der Waals surface area (Å²) in [7, 11) is 0. The Morgan fingerprint density at radius 1 is 1.53 bits per heavy atom. The molecule has 0 spiro atoms. The van der Waals surface area contributed by atoms with Crippen LogP contribution >= 0.6 is 0 Å². The van der Waals surface area contributed by atoms with Crippen molar-refractivity contribution in [3.8, 4) is 0 Å². The van der Waals surface area contributed by atoms with E-state index >= 15 is 0 Å². The van der Waals surface area contributed by atoms with Crippen molar-refractivity contribution in [2.75, 3.05) is 13.1 Å². The van der Waals surface area contributed by atoms with E-state index in [2.05, 4.69) is 36.1 Å². The second-order valence-corrected chi connectivity index (χ2v) is 5.01. The molecule has 1 aromatic rings. The Bertz CT molecular complexity index is 325. The quantitative estimate of drug-likeness (QED) is 0.868. The van der Waals surface area contributed by atoms with Gasteiger partial charge in [0.15, 0.2) is 0 Å². The molecule has 1 aromatic heterocycles. The van der Waals surface area contributed by atoms with Crippen LogP contribution in [0.15, 0.2) is 16.9 Å². The van der Waals surface area contributed by atoms with Crippen LogP contribution in [0.4, 0.5) is 0 Å². The molecule has 17 heavy (non-hydrogen) atoms. The third kappa shape index (κ3) is 2.87. The third-order valence-corrected chi connectivity index (χ3v) is 4.02. The molecule has 2 rings (SSSR count). The lowest BCUT2D eigenvalue weighted by molar-refractivity contribution is 0.0770. The first kappa shape index (κ1) is 12.6. The zero-order valence-electron chi connectivity index (χ0n) is 11.0. The van der Waals surface area contributed by atoms with Crippen molar-refractivity contribution in [3.63, 3.8) is 0 Å². The number of aromatic nitrogens is 1. The summed E-state index contributed by atoms with van der Waals surface area (Å²) in [4.78, 5) is 2.50. The van der Waals surface area contributed by atoms with Crippen LogP contribution in [-0.4, -0.2) is 35.2 Å². The minimum Gasteiger partial charge on any atom is -0.364 e. The van der Waals surface area contributed by atoms with Gasteiger partial charge in [0.25, 0.3) is 0 Å². The number of rotatable bonds is 4. The summed E-state index contributed by atoms with van der Waals surface area (Å²) in [6.07, 6.45) is 2.87. The smallest absolute Gasteiger partial charge is 0.124 e. The van der Waals surface area contributed by atoms with Gasteiger partial charge in [-0.3, -0.25) is 4.90 Å². The van der Waals surface area contributed by atoms with Gasteiger partial charge in [-0.2, -0.15) is 0 Å². The van der Waals surface area contributed by atoms with E-state index in [1.54, 1.807) is 6.26 Å². The van der Waals surface area contributed by atoms with Gasteiger partial charge in [0, 0.05) is 31.2 Å². The van der Waals surface area contributed by atoms with E-state index in [4.69, 9.17) is 4.52 Å². The fourth-order valence-electron chi connectivity index (χ4n) is 2.74. The van der Waals surface area contributed by atoms with E-state index in [9.17, 15) is 0 Å². The van der Waals surface area contributed by atoms with Gasteiger partial charge in [0.05, 0.1) is 5.69 Å². The second-order valence-electron chi connectivity index (χ2n) is 5.01. The van der Waals surface area contributed by atoms with Crippen LogP contribution in [0.25, 0.3) is 0 Å². The molecular weight excluding hydrogens is 214 g/mol. The predicted octanol–water partition coefficient (Wildman–Crippen LogP) is 1.88. The van der Waals surface area contributed by atoms with Crippen LogP contribution in [0.2, 0.25) is 0 Å². The number of nitrogens with zero attached hydrogens (tertiary/aromatic N) is 2. The average Bonchev–Trinajstić information content (AvgIpc) is 2.82. The summed E-state index contributed by atoms with van der Waals surface area (Å²) in [5.74, 6) is 0.676. The fraction of sp³-hybridized carbons (Fsp3) is 0.769. The zero-order valence-corrected chi connectivity index (χ0v) is 11.0. The summed E-state index contributed by atoms with van der Waals surface area (Å²) >= 11 is 0. The Hall–Kier alpha value is -0.870. The van der Waals surface area contributed by atoms with Gasteiger partial charge in [-0.25, -0.2) is 0 Å². The van der Waals surface area contributed by atoms with E-state index in [1.165, 1.54) is 6.42 Å². The Balaban J connectivity index is 1.93. The number of likely N-dealkylation sites (tertiary alicyclic amines) is 1. The summed E-state index contributed by atoms with van der Waals surface area (Å²) < 4.78 is 4.89. The van der Waals surface area contributed by atoms with Crippen molar-refractivity contribution in [1.29, 1.82) is 0 Å². The van der Waals surface area contributed by atoms with E-state index in [0.29, 0.717) is 18.0 Å². The van der Waals surface area contributed by atoms with Crippen molar-refractivity contribution >= 4 is 0 Å². The van der Waals surface area contributed by atoms with E-state index < -0.39 is 0 Å². The SMILES string of the molecule is CCNC1CCN(Cc2ccon2)C(C)C1C. The molecule has 1 saturated heterocycles. The first-order valence-corrected chi connectivity index (χ1v) is 6.59. The number of piperidine rings is 1. The maximum atomic E-state index is 4.89. The average molecular weight is 237 g/mol. The molecule has 2 heterocycles. The first-order valence-electron chi connectivity index (χ1n) is 6.59. The number of hydrogen-bond acceptors (Lipinski definition) is 4. The topological polar surface area (TPSA) is 41.3 Å². The molecule has 4 nitrogen and oxygen atoms in total. The van der Waals surface area contributed by atoms with Crippen LogP contribution in [0, 0.1) is 5.92 Å². The lowest BCUT2D eigenvalue weighted by Gasteiger charge is -2.42. The normalized spacial score (nSPS) is 30.6. The molecule has 0 bridgehead atoms. The molecule has 0 aliphatic carbocycles. The van der Waals surface area contributed by atoms with Gasteiger partial charge in [0.2, 0.25) is 0 Å². The highest BCUT2D eigenvalue weighted by molar-refractivity contribution is 4.98. The molecule has 1 N–H and O–H groups in total. The summed E-state index contributed by atoms with van der Waals surface area (Å²) in [6.45, 7) is 9.93. The van der Waals surface area contributed by atoms with Gasteiger partial charge >= 0.3 is 0 Å². The molecule has 1 aliphatic heterocycles. The van der Waals surface area contributed by atoms with Gasteiger partial charge in [0.1, 0.15) is 6.26 Å². The molecule has 1 fully saturated rings. The minimum absolute atomic E-state index is 0.587. The van der Waals surface area contributed by atoms with E-state index in [1.807, 2.05) is 6.07 Å². The highest BCUT2D eigenvalue weighted by atomic mass is 16.5. The number of hydrogen-bond donors (Lipinski definition) is 1. The zero-order chi connectivity index (χ0) is 12.3. The van der Waals surface area contributed by atoms with Crippen LogP contribution in [-0.2, 0) is 6.54 Å². The highest BCUT2D eigenvalue weighted by Crippen LogP contribution is 2.24. The molecule has 0 saturated carbocycles. The first-order chi connectivity index (χ1) is 8.22. The lowest BCUT2D eigenvalue weighted by Crippen LogP contribution is -2.52. The fourth-order valence-corrected chi connectivity index (χ4v) is 2.74. The number of nitrogens with one attached hydrogen (secondary N) is 1. The molecule has 96 valence electrons. The van der Waals surface area contributed by atoms with Crippen molar-refractivity contribution in [2.24, 2.45) is 5.92 Å². The van der Waals surface area contributed by atoms with Gasteiger partial charge < -0.3 is 9.84 Å². The monoisotopic (exact) mass is 237 g/mol. The summed E-state index contributed by atoms with van der Waals surface area (Å²) in [5, 5.41) is 7.58. The predicted molar refractivity (Wildman–Crippen MR) is 67.6 cm³/mol. The third-order valence-electron chi connectivity index (χ3n) is 4.02. The summed E-state index contributed by atoms with van der Waals surface area (Å²) in [5.41, 5.74) is 1.03. The maximum Gasteiger partial charge on any atom is 0.124 e. The van der Waals surface area contributed by atoms with E-state index in [0.717, 1.165) is 25.3 Å². The molecule has 0 amide bonds.